The second kappa shape index (κ2) is 6.69. The van der Waals surface area contributed by atoms with Gasteiger partial charge in [0.15, 0.2) is 0 Å². The van der Waals surface area contributed by atoms with Gasteiger partial charge in [0.2, 0.25) is 0 Å². The monoisotopic (exact) mass is 247 g/mol. The second-order valence-electron chi connectivity index (χ2n) is 4.63. The number of hydrogen-bond donors (Lipinski definition) is 1. The molecule has 1 aromatic rings. The number of benzene rings is 1. The Hall–Kier alpha value is -1.16. The summed E-state index contributed by atoms with van der Waals surface area (Å²) < 4.78 is 5.30. The van der Waals surface area contributed by atoms with Crippen LogP contribution in [0.3, 0.4) is 0 Å². The Labute approximate surface area is 109 Å². The topological polar surface area (TPSA) is 32.7 Å². The van der Waals surface area contributed by atoms with Crippen LogP contribution in [0.1, 0.15) is 23.7 Å². The molecule has 1 fully saturated rings. The molecular formula is C15H21NO2. The van der Waals surface area contributed by atoms with Gasteiger partial charge in [0.25, 0.3) is 0 Å². The summed E-state index contributed by atoms with van der Waals surface area (Å²) in [5.74, 6) is 0. The molecule has 1 atom stereocenters. The van der Waals surface area contributed by atoms with Crippen LogP contribution < -0.4 is 0 Å². The van der Waals surface area contributed by atoms with Crippen LogP contribution in [0.25, 0.3) is 6.08 Å². The SMILES string of the molecule is C=Cc1ccc(C(O)CCN2CCOCC2)cc1. The van der Waals surface area contributed by atoms with Crippen LogP contribution >= 0.6 is 0 Å². The van der Waals surface area contributed by atoms with Crippen LogP contribution in [0.2, 0.25) is 0 Å². The van der Waals surface area contributed by atoms with Gasteiger partial charge in [0, 0.05) is 19.6 Å². The fraction of sp³-hybridized carbons (Fsp3) is 0.467. The maximum absolute atomic E-state index is 10.1. The Bertz CT molecular complexity index is 369. The maximum atomic E-state index is 10.1. The minimum Gasteiger partial charge on any atom is -0.388 e. The molecular weight excluding hydrogens is 226 g/mol. The van der Waals surface area contributed by atoms with Crippen molar-refractivity contribution in [3.8, 4) is 0 Å². The molecule has 3 nitrogen and oxygen atoms in total. The lowest BCUT2D eigenvalue weighted by Crippen LogP contribution is -2.37. The zero-order chi connectivity index (χ0) is 12.8. The minimum atomic E-state index is -0.383. The lowest BCUT2D eigenvalue weighted by atomic mass is 10.0. The Balaban J connectivity index is 1.82. The summed E-state index contributed by atoms with van der Waals surface area (Å²) in [7, 11) is 0. The van der Waals surface area contributed by atoms with Gasteiger partial charge in [-0.25, -0.2) is 0 Å². The van der Waals surface area contributed by atoms with Gasteiger partial charge in [0.1, 0.15) is 0 Å². The van der Waals surface area contributed by atoms with Gasteiger partial charge in [-0.15, -0.1) is 0 Å². The third-order valence-electron chi connectivity index (χ3n) is 3.38. The molecule has 0 saturated carbocycles. The van der Waals surface area contributed by atoms with Gasteiger partial charge in [-0.3, -0.25) is 4.90 Å². The van der Waals surface area contributed by atoms with Gasteiger partial charge >= 0.3 is 0 Å². The molecule has 0 radical (unpaired) electrons. The van der Waals surface area contributed by atoms with Gasteiger partial charge in [-0.2, -0.15) is 0 Å². The fourth-order valence-electron chi connectivity index (χ4n) is 2.15. The summed E-state index contributed by atoms with van der Waals surface area (Å²) in [5.41, 5.74) is 2.06. The second-order valence-corrected chi connectivity index (χ2v) is 4.63. The number of hydrogen-bond acceptors (Lipinski definition) is 3. The predicted octanol–water partition coefficient (Wildman–Crippen LogP) is 2.09. The molecule has 0 bridgehead atoms. The molecule has 1 N–H and O–H groups in total. The lowest BCUT2D eigenvalue weighted by Gasteiger charge is -2.27. The predicted molar refractivity (Wildman–Crippen MR) is 73.4 cm³/mol. The van der Waals surface area contributed by atoms with Crippen molar-refractivity contribution in [1.82, 2.24) is 4.90 Å². The van der Waals surface area contributed by atoms with E-state index in [2.05, 4.69) is 11.5 Å². The fourth-order valence-corrected chi connectivity index (χ4v) is 2.15. The summed E-state index contributed by atoms with van der Waals surface area (Å²) in [6, 6.07) is 7.92. The molecule has 98 valence electrons. The summed E-state index contributed by atoms with van der Waals surface area (Å²) in [5, 5.41) is 10.1. The molecule has 0 amide bonds. The van der Waals surface area contributed by atoms with Gasteiger partial charge in [-0.05, 0) is 17.5 Å². The van der Waals surface area contributed by atoms with Crippen LogP contribution in [-0.2, 0) is 4.74 Å². The Morgan fingerprint density at radius 2 is 1.94 bits per heavy atom. The Kier molecular flexibility index (Phi) is 4.93. The number of nitrogens with zero attached hydrogens (tertiary/aromatic N) is 1. The third kappa shape index (κ3) is 3.67. The van der Waals surface area contributed by atoms with E-state index in [0.717, 1.165) is 50.4 Å². The highest BCUT2D eigenvalue weighted by Gasteiger charge is 2.13. The van der Waals surface area contributed by atoms with E-state index in [4.69, 9.17) is 4.74 Å². The summed E-state index contributed by atoms with van der Waals surface area (Å²) in [6.07, 6.45) is 2.20. The highest BCUT2D eigenvalue weighted by molar-refractivity contribution is 5.47. The van der Waals surface area contributed by atoms with Gasteiger partial charge in [-0.1, -0.05) is 36.9 Å². The average molecular weight is 247 g/mol. The molecule has 18 heavy (non-hydrogen) atoms. The van der Waals surface area contributed by atoms with Crippen molar-refractivity contribution in [3.05, 3.63) is 42.0 Å². The molecule has 1 unspecified atom stereocenters. The van der Waals surface area contributed by atoms with Crippen molar-refractivity contribution >= 4 is 6.08 Å². The van der Waals surface area contributed by atoms with Crippen LogP contribution in [0.4, 0.5) is 0 Å². The third-order valence-corrected chi connectivity index (χ3v) is 3.38. The minimum absolute atomic E-state index is 0.383. The molecule has 1 aliphatic rings. The number of aliphatic hydroxyl groups is 1. The molecule has 1 heterocycles. The first-order valence-electron chi connectivity index (χ1n) is 6.50. The highest BCUT2D eigenvalue weighted by Crippen LogP contribution is 2.18. The zero-order valence-corrected chi connectivity index (χ0v) is 10.7. The molecule has 1 aromatic carbocycles. The van der Waals surface area contributed by atoms with Crippen molar-refractivity contribution in [1.29, 1.82) is 0 Å². The summed E-state index contributed by atoms with van der Waals surface area (Å²) >= 11 is 0. The molecule has 2 rings (SSSR count). The summed E-state index contributed by atoms with van der Waals surface area (Å²) in [6.45, 7) is 8.21. The van der Waals surface area contributed by atoms with Gasteiger partial charge in [0.05, 0.1) is 19.3 Å². The zero-order valence-electron chi connectivity index (χ0n) is 10.7. The molecule has 1 saturated heterocycles. The van der Waals surface area contributed by atoms with Gasteiger partial charge < -0.3 is 9.84 Å². The van der Waals surface area contributed by atoms with Crippen LogP contribution in [0.5, 0.6) is 0 Å². The number of aliphatic hydroxyl groups excluding tert-OH is 1. The van der Waals surface area contributed by atoms with E-state index in [1.54, 1.807) is 0 Å². The quantitative estimate of drug-likeness (QED) is 0.864. The van der Waals surface area contributed by atoms with E-state index in [0.29, 0.717) is 0 Å². The van der Waals surface area contributed by atoms with Crippen molar-refractivity contribution in [3.63, 3.8) is 0 Å². The smallest absolute Gasteiger partial charge is 0.0802 e. The van der Waals surface area contributed by atoms with Crippen molar-refractivity contribution < 1.29 is 9.84 Å². The standard InChI is InChI=1S/C15H21NO2/c1-2-13-3-5-14(6-4-13)15(17)7-8-16-9-11-18-12-10-16/h2-6,15,17H,1,7-12H2. The van der Waals surface area contributed by atoms with Crippen LogP contribution in [0.15, 0.2) is 30.8 Å². The Morgan fingerprint density at radius 3 is 2.56 bits per heavy atom. The Morgan fingerprint density at radius 1 is 1.28 bits per heavy atom. The molecule has 3 heteroatoms. The van der Waals surface area contributed by atoms with E-state index in [9.17, 15) is 5.11 Å². The molecule has 0 spiro atoms. The van der Waals surface area contributed by atoms with Crippen molar-refractivity contribution in [2.24, 2.45) is 0 Å². The van der Waals surface area contributed by atoms with E-state index in [-0.39, 0.29) is 6.10 Å². The number of rotatable bonds is 5. The van der Waals surface area contributed by atoms with E-state index >= 15 is 0 Å². The molecule has 1 aliphatic heterocycles. The van der Waals surface area contributed by atoms with Crippen LogP contribution in [0, 0.1) is 0 Å². The lowest BCUT2D eigenvalue weighted by molar-refractivity contribution is 0.0300. The molecule has 0 aliphatic carbocycles. The van der Waals surface area contributed by atoms with Crippen LogP contribution in [-0.4, -0.2) is 42.9 Å². The van der Waals surface area contributed by atoms with E-state index < -0.39 is 0 Å². The van der Waals surface area contributed by atoms with Crippen molar-refractivity contribution in [2.45, 2.75) is 12.5 Å². The number of morpholine rings is 1. The largest absolute Gasteiger partial charge is 0.388 e. The first kappa shape index (κ1) is 13.3. The highest BCUT2D eigenvalue weighted by atomic mass is 16.5. The average Bonchev–Trinajstić information content (AvgIpc) is 2.46. The first-order valence-corrected chi connectivity index (χ1v) is 6.50. The molecule has 0 aromatic heterocycles. The normalized spacial score (nSPS) is 18.5. The first-order chi connectivity index (χ1) is 8.79. The maximum Gasteiger partial charge on any atom is 0.0802 e. The summed E-state index contributed by atoms with van der Waals surface area (Å²) in [4.78, 5) is 2.34. The van der Waals surface area contributed by atoms with E-state index in [1.807, 2.05) is 30.3 Å². The van der Waals surface area contributed by atoms with E-state index in [1.165, 1.54) is 0 Å². The van der Waals surface area contributed by atoms with Crippen molar-refractivity contribution in [2.75, 3.05) is 32.8 Å². The number of ether oxygens (including phenoxy) is 1.